The van der Waals surface area contributed by atoms with E-state index in [0.717, 1.165) is 16.3 Å². The van der Waals surface area contributed by atoms with E-state index >= 15 is 0 Å². The Morgan fingerprint density at radius 1 is 1.33 bits per heavy atom. The van der Waals surface area contributed by atoms with Crippen molar-refractivity contribution >= 4 is 17.3 Å². The van der Waals surface area contributed by atoms with Gasteiger partial charge in [-0.15, -0.1) is 0 Å². The number of hydrogen-bond acceptors (Lipinski definition) is 3. The maximum atomic E-state index is 6.17. The fourth-order valence-corrected chi connectivity index (χ4v) is 1.98. The summed E-state index contributed by atoms with van der Waals surface area (Å²) in [6.45, 7) is 2.71. The fraction of sp³-hybridized carbons (Fsp3) is 0.273. The predicted octanol–water partition coefficient (Wildman–Crippen LogP) is 2.76. The molecule has 0 fully saturated rings. The molecule has 1 aliphatic rings. The molecule has 0 unspecified atom stereocenters. The minimum absolute atomic E-state index is 0.668. The Morgan fingerprint density at radius 3 is 2.73 bits per heavy atom. The van der Waals surface area contributed by atoms with E-state index in [-0.39, 0.29) is 0 Å². The first-order valence-electron chi connectivity index (χ1n) is 4.73. The lowest BCUT2D eigenvalue weighted by atomic mass is 10.2. The molecule has 0 aromatic heterocycles. The highest BCUT2D eigenvalue weighted by atomic mass is 35.5. The van der Waals surface area contributed by atoms with Crippen LogP contribution in [0.2, 0.25) is 5.02 Å². The summed E-state index contributed by atoms with van der Waals surface area (Å²) in [4.78, 5) is 7.16. The van der Waals surface area contributed by atoms with E-state index < -0.39 is 0 Å². The van der Waals surface area contributed by atoms with Gasteiger partial charge >= 0.3 is 0 Å². The van der Waals surface area contributed by atoms with Gasteiger partial charge < -0.3 is 4.90 Å². The van der Waals surface area contributed by atoms with E-state index in [9.17, 15) is 0 Å². The summed E-state index contributed by atoms with van der Waals surface area (Å²) in [6.07, 6.45) is 3.83. The Kier molecular flexibility index (Phi) is 2.84. The summed E-state index contributed by atoms with van der Waals surface area (Å²) in [5, 5.41) is 2.50. The van der Waals surface area contributed by atoms with E-state index in [0.29, 0.717) is 6.67 Å². The number of hydroxylamine groups is 2. The van der Waals surface area contributed by atoms with Crippen LogP contribution in [0.3, 0.4) is 0 Å². The molecule has 0 bridgehead atoms. The van der Waals surface area contributed by atoms with Crippen LogP contribution in [0.5, 0.6) is 0 Å². The van der Waals surface area contributed by atoms with Crippen LogP contribution in [0.15, 0.2) is 30.6 Å². The lowest BCUT2D eigenvalue weighted by molar-refractivity contribution is -0.0790. The Bertz CT molecular complexity index is 372. The SMILES string of the molecule is CON1C=CN(c2c(C)cccc2Cl)C1. The molecule has 1 aliphatic heterocycles. The van der Waals surface area contributed by atoms with Crippen molar-refractivity contribution in [2.24, 2.45) is 0 Å². The minimum Gasteiger partial charge on any atom is -0.324 e. The quantitative estimate of drug-likeness (QED) is 0.768. The third kappa shape index (κ3) is 1.94. The van der Waals surface area contributed by atoms with Gasteiger partial charge in [-0.25, -0.2) is 5.06 Å². The van der Waals surface area contributed by atoms with Crippen molar-refractivity contribution in [2.75, 3.05) is 18.7 Å². The predicted molar refractivity (Wildman–Crippen MR) is 61.5 cm³/mol. The number of benzene rings is 1. The number of hydrogen-bond donors (Lipinski definition) is 0. The monoisotopic (exact) mass is 224 g/mol. The number of halogens is 1. The van der Waals surface area contributed by atoms with Gasteiger partial charge in [0.25, 0.3) is 0 Å². The Hall–Kier alpha value is -1.19. The highest BCUT2D eigenvalue weighted by Gasteiger charge is 2.17. The molecule has 0 N–H and O–H groups in total. The van der Waals surface area contributed by atoms with Gasteiger partial charge in [-0.1, -0.05) is 23.7 Å². The van der Waals surface area contributed by atoms with Gasteiger partial charge in [0.2, 0.25) is 0 Å². The second kappa shape index (κ2) is 4.13. The van der Waals surface area contributed by atoms with Crippen LogP contribution in [-0.2, 0) is 4.84 Å². The molecule has 0 radical (unpaired) electrons. The first kappa shape index (κ1) is 10.3. The first-order chi connectivity index (χ1) is 7.22. The largest absolute Gasteiger partial charge is 0.324 e. The van der Waals surface area contributed by atoms with Crippen LogP contribution in [0.25, 0.3) is 0 Å². The van der Waals surface area contributed by atoms with Gasteiger partial charge in [-0.3, -0.25) is 4.84 Å². The molecule has 1 heterocycles. The van der Waals surface area contributed by atoms with E-state index in [1.54, 1.807) is 12.2 Å². The summed E-state index contributed by atoms with van der Waals surface area (Å²) >= 11 is 6.17. The summed E-state index contributed by atoms with van der Waals surface area (Å²) in [5.41, 5.74) is 2.19. The maximum absolute atomic E-state index is 6.17. The van der Waals surface area contributed by atoms with Gasteiger partial charge in [0.1, 0.15) is 6.67 Å². The molecule has 1 aromatic carbocycles. The molecule has 0 atom stereocenters. The lowest BCUT2D eigenvalue weighted by Crippen LogP contribution is -2.24. The fourth-order valence-electron chi connectivity index (χ4n) is 1.65. The highest BCUT2D eigenvalue weighted by molar-refractivity contribution is 6.33. The molecule has 3 nitrogen and oxygen atoms in total. The summed E-state index contributed by atoms with van der Waals surface area (Å²) < 4.78 is 0. The Morgan fingerprint density at radius 2 is 2.13 bits per heavy atom. The zero-order valence-corrected chi connectivity index (χ0v) is 9.53. The third-order valence-corrected chi connectivity index (χ3v) is 2.72. The molecular weight excluding hydrogens is 212 g/mol. The molecule has 0 saturated heterocycles. The van der Waals surface area contributed by atoms with Crippen LogP contribution in [0.4, 0.5) is 5.69 Å². The van der Waals surface area contributed by atoms with Crippen LogP contribution >= 0.6 is 11.6 Å². The lowest BCUT2D eigenvalue weighted by Gasteiger charge is -2.21. The van der Waals surface area contributed by atoms with Gasteiger partial charge in [-0.2, -0.15) is 0 Å². The molecule has 0 saturated carbocycles. The number of anilines is 1. The van der Waals surface area contributed by atoms with Crippen molar-refractivity contribution in [3.8, 4) is 0 Å². The van der Waals surface area contributed by atoms with Crippen molar-refractivity contribution in [3.63, 3.8) is 0 Å². The normalized spacial score (nSPS) is 15.1. The maximum Gasteiger partial charge on any atom is 0.120 e. The van der Waals surface area contributed by atoms with Crippen molar-refractivity contribution < 1.29 is 4.84 Å². The number of nitrogens with zero attached hydrogens (tertiary/aromatic N) is 2. The van der Waals surface area contributed by atoms with Crippen LogP contribution < -0.4 is 4.90 Å². The molecular formula is C11H13ClN2O. The van der Waals surface area contributed by atoms with Gasteiger partial charge in [0.05, 0.1) is 17.8 Å². The van der Waals surface area contributed by atoms with Crippen LogP contribution in [-0.4, -0.2) is 18.8 Å². The number of rotatable bonds is 2. The Labute approximate surface area is 94.5 Å². The molecule has 2 rings (SSSR count). The first-order valence-corrected chi connectivity index (χ1v) is 5.11. The molecule has 80 valence electrons. The van der Waals surface area contributed by atoms with Crippen LogP contribution in [0.1, 0.15) is 5.56 Å². The van der Waals surface area contributed by atoms with E-state index in [1.807, 2.05) is 37.5 Å². The second-order valence-corrected chi connectivity index (χ2v) is 3.82. The van der Waals surface area contributed by atoms with Gasteiger partial charge in [0.15, 0.2) is 0 Å². The standard InChI is InChI=1S/C11H13ClN2O/c1-9-4-3-5-10(12)11(9)13-6-7-14(8-13)15-2/h3-7H,8H2,1-2H3. The molecule has 4 heteroatoms. The van der Waals surface area contributed by atoms with Crippen molar-refractivity contribution in [3.05, 3.63) is 41.2 Å². The van der Waals surface area contributed by atoms with Crippen LogP contribution in [0, 0.1) is 6.92 Å². The van der Waals surface area contributed by atoms with Gasteiger partial charge in [-0.05, 0) is 18.6 Å². The summed E-state index contributed by atoms with van der Waals surface area (Å²) in [7, 11) is 1.65. The molecule has 0 amide bonds. The average molecular weight is 225 g/mol. The number of aryl methyl sites for hydroxylation is 1. The van der Waals surface area contributed by atoms with Crippen molar-refractivity contribution in [2.45, 2.75) is 6.92 Å². The zero-order chi connectivity index (χ0) is 10.8. The minimum atomic E-state index is 0.668. The van der Waals surface area contributed by atoms with E-state index in [1.165, 1.54) is 0 Å². The molecule has 0 aliphatic carbocycles. The Balaban J connectivity index is 2.28. The molecule has 15 heavy (non-hydrogen) atoms. The van der Waals surface area contributed by atoms with E-state index in [2.05, 4.69) is 4.90 Å². The van der Waals surface area contributed by atoms with Gasteiger partial charge in [0, 0.05) is 12.4 Å². The average Bonchev–Trinajstić information content (AvgIpc) is 2.66. The zero-order valence-electron chi connectivity index (χ0n) is 8.77. The topological polar surface area (TPSA) is 15.7 Å². The van der Waals surface area contributed by atoms with E-state index in [4.69, 9.17) is 16.4 Å². The highest BCUT2D eigenvalue weighted by Crippen LogP contribution is 2.31. The third-order valence-electron chi connectivity index (χ3n) is 2.41. The molecule has 0 spiro atoms. The molecule has 1 aromatic rings. The number of para-hydroxylation sites is 1. The van der Waals surface area contributed by atoms with Crippen molar-refractivity contribution in [1.82, 2.24) is 5.06 Å². The van der Waals surface area contributed by atoms with Crippen molar-refractivity contribution in [1.29, 1.82) is 0 Å². The summed E-state index contributed by atoms with van der Waals surface area (Å²) in [5.74, 6) is 0. The second-order valence-electron chi connectivity index (χ2n) is 3.41. The summed E-state index contributed by atoms with van der Waals surface area (Å²) in [6, 6.07) is 5.90. The smallest absolute Gasteiger partial charge is 0.120 e.